The molecule has 1 saturated carbocycles. The zero-order valence-corrected chi connectivity index (χ0v) is 18.7. The van der Waals surface area contributed by atoms with E-state index in [4.69, 9.17) is 4.42 Å². The van der Waals surface area contributed by atoms with E-state index in [0.717, 1.165) is 18.4 Å². The summed E-state index contributed by atoms with van der Waals surface area (Å²) >= 11 is 0. The topological polar surface area (TPSA) is 97.1 Å². The van der Waals surface area contributed by atoms with Gasteiger partial charge in [0.15, 0.2) is 5.69 Å². The molecule has 2 amide bonds. The van der Waals surface area contributed by atoms with Crippen molar-refractivity contribution in [3.63, 3.8) is 0 Å². The Morgan fingerprint density at radius 3 is 2.22 bits per heavy atom. The molecular weight excluding hydrogens is 473 g/mol. The number of pyridine rings is 1. The number of hydrogen-bond acceptors (Lipinski definition) is 5. The van der Waals surface area contributed by atoms with Gasteiger partial charge >= 0.3 is 6.18 Å². The lowest BCUT2D eigenvalue weighted by Gasteiger charge is -2.08. The van der Waals surface area contributed by atoms with Crippen molar-refractivity contribution in [1.82, 2.24) is 15.3 Å². The number of aromatic nitrogens is 2. The number of anilines is 1. The van der Waals surface area contributed by atoms with Gasteiger partial charge in [0, 0.05) is 22.7 Å². The van der Waals surface area contributed by atoms with E-state index in [1.54, 1.807) is 48.5 Å². The third-order valence-corrected chi connectivity index (χ3v) is 5.50. The highest BCUT2D eigenvalue weighted by Gasteiger charge is 2.42. The molecule has 5 rings (SSSR count). The molecule has 0 unspecified atom stereocenters. The van der Waals surface area contributed by atoms with Gasteiger partial charge in [-0.3, -0.25) is 14.6 Å². The predicted molar refractivity (Wildman–Crippen MR) is 125 cm³/mol. The van der Waals surface area contributed by atoms with Crippen LogP contribution >= 0.6 is 0 Å². The SMILES string of the molecule is O=C(NC1CC1)c1ccc(-c2ccc(NC(=O)c3nc(-c4ccccc4)oc3C(F)(F)F)cn2)cc1. The monoisotopic (exact) mass is 492 g/mol. The van der Waals surface area contributed by atoms with Gasteiger partial charge in [-0.15, -0.1) is 0 Å². The highest BCUT2D eigenvalue weighted by molar-refractivity contribution is 6.04. The maximum atomic E-state index is 13.5. The number of nitrogens with one attached hydrogen (secondary N) is 2. The van der Waals surface area contributed by atoms with Crippen LogP contribution in [0.5, 0.6) is 0 Å². The van der Waals surface area contributed by atoms with E-state index in [1.807, 2.05) is 0 Å². The Bertz CT molecular complexity index is 1400. The van der Waals surface area contributed by atoms with E-state index in [9.17, 15) is 22.8 Å². The third kappa shape index (κ3) is 5.12. The van der Waals surface area contributed by atoms with Gasteiger partial charge in [0.05, 0.1) is 17.6 Å². The molecule has 10 heteroatoms. The number of rotatable bonds is 6. The lowest BCUT2D eigenvalue weighted by atomic mass is 10.1. The van der Waals surface area contributed by atoms with E-state index in [1.165, 1.54) is 24.4 Å². The lowest BCUT2D eigenvalue weighted by Crippen LogP contribution is -2.25. The number of nitrogens with zero attached hydrogens (tertiary/aromatic N) is 2. The second kappa shape index (κ2) is 9.29. The Balaban J connectivity index is 1.31. The van der Waals surface area contributed by atoms with Crippen LogP contribution < -0.4 is 10.6 Å². The molecule has 2 N–H and O–H groups in total. The number of carbonyl (C=O) groups excluding carboxylic acids is 2. The molecule has 0 saturated heterocycles. The van der Waals surface area contributed by atoms with Gasteiger partial charge in [-0.05, 0) is 49.2 Å². The first-order valence-electron chi connectivity index (χ1n) is 11.1. The van der Waals surface area contributed by atoms with Gasteiger partial charge < -0.3 is 15.1 Å². The number of hydrogen-bond donors (Lipinski definition) is 2. The van der Waals surface area contributed by atoms with Gasteiger partial charge in [0.2, 0.25) is 11.7 Å². The summed E-state index contributed by atoms with van der Waals surface area (Å²) in [5, 5.41) is 5.30. The molecule has 0 radical (unpaired) electrons. The first-order valence-corrected chi connectivity index (χ1v) is 11.1. The highest BCUT2D eigenvalue weighted by atomic mass is 19.4. The number of halogens is 3. The molecule has 0 aliphatic heterocycles. The van der Waals surface area contributed by atoms with Crippen molar-refractivity contribution in [3.8, 4) is 22.7 Å². The minimum absolute atomic E-state index is 0.128. The van der Waals surface area contributed by atoms with Crippen LogP contribution in [0.1, 0.15) is 39.4 Å². The molecule has 0 spiro atoms. The van der Waals surface area contributed by atoms with E-state index in [0.29, 0.717) is 16.8 Å². The number of amides is 2. The predicted octanol–water partition coefficient (Wildman–Crippen LogP) is 5.57. The van der Waals surface area contributed by atoms with E-state index in [2.05, 4.69) is 20.6 Å². The molecular formula is C26H19F3N4O3. The smallest absolute Gasteiger partial charge is 0.431 e. The largest absolute Gasteiger partial charge is 0.452 e. The fourth-order valence-electron chi connectivity index (χ4n) is 3.49. The number of benzene rings is 2. The van der Waals surface area contributed by atoms with Crippen LogP contribution in [0.3, 0.4) is 0 Å². The number of carbonyl (C=O) groups is 2. The quantitative estimate of drug-likeness (QED) is 0.367. The summed E-state index contributed by atoms with van der Waals surface area (Å²) in [6.07, 6.45) is -1.58. The van der Waals surface area contributed by atoms with Crippen molar-refractivity contribution in [2.24, 2.45) is 0 Å². The summed E-state index contributed by atoms with van der Waals surface area (Å²) in [6, 6.07) is 18.3. The molecule has 1 aliphatic carbocycles. The van der Waals surface area contributed by atoms with Crippen LogP contribution in [-0.2, 0) is 6.18 Å². The summed E-state index contributed by atoms with van der Waals surface area (Å²) in [4.78, 5) is 32.9. The van der Waals surface area contributed by atoms with Gasteiger partial charge in [-0.1, -0.05) is 30.3 Å². The standard InChI is InChI=1S/C26H19F3N4O3/c27-26(28,29)22-21(33-25(36-22)17-4-2-1-3-5-17)24(35)32-19-12-13-20(30-14-19)15-6-8-16(9-7-15)23(34)31-18-10-11-18/h1-9,12-14,18H,10-11H2,(H,31,34)(H,32,35). The Labute approximate surface area is 203 Å². The van der Waals surface area contributed by atoms with Gasteiger partial charge in [0.1, 0.15) is 0 Å². The van der Waals surface area contributed by atoms with E-state index >= 15 is 0 Å². The summed E-state index contributed by atoms with van der Waals surface area (Å²) in [6.45, 7) is 0. The second-order valence-electron chi connectivity index (χ2n) is 8.27. The number of oxazole rings is 1. The summed E-state index contributed by atoms with van der Waals surface area (Å²) in [7, 11) is 0. The molecule has 2 heterocycles. The molecule has 2 aromatic carbocycles. The fraction of sp³-hybridized carbons (Fsp3) is 0.154. The maximum Gasteiger partial charge on any atom is 0.452 e. The molecule has 0 bridgehead atoms. The second-order valence-corrected chi connectivity index (χ2v) is 8.27. The molecule has 0 atom stereocenters. The van der Waals surface area contributed by atoms with Crippen molar-refractivity contribution < 1.29 is 27.2 Å². The zero-order valence-electron chi connectivity index (χ0n) is 18.7. The van der Waals surface area contributed by atoms with Crippen LogP contribution in [0.15, 0.2) is 77.3 Å². The van der Waals surface area contributed by atoms with Crippen LogP contribution in [0.4, 0.5) is 18.9 Å². The fourth-order valence-corrected chi connectivity index (χ4v) is 3.49. The average Bonchev–Trinajstić information content (AvgIpc) is 3.56. The van der Waals surface area contributed by atoms with Crippen LogP contribution in [0.25, 0.3) is 22.7 Å². The third-order valence-electron chi connectivity index (χ3n) is 5.50. The van der Waals surface area contributed by atoms with Crippen LogP contribution in [-0.4, -0.2) is 27.8 Å². The number of alkyl halides is 3. The first-order chi connectivity index (χ1) is 17.3. The van der Waals surface area contributed by atoms with Gasteiger partial charge in [-0.25, -0.2) is 4.98 Å². The van der Waals surface area contributed by atoms with Gasteiger partial charge in [-0.2, -0.15) is 13.2 Å². The van der Waals surface area contributed by atoms with Gasteiger partial charge in [0.25, 0.3) is 11.8 Å². The normalized spacial score (nSPS) is 13.3. The Morgan fingerprint density at radius 2 is 1.61 bits per heavy atom. The minimum Gasteiger partial charge on any atom is -0.431 e. The first kappa shape index (κ1) is 23.3. The summed E-state index contributed by atoms with van der Waals surface area (Å²) < 4.78 is 45.4. The van der Waals surface area contributed by atoms with Crippen LogP contribution in [0.2, 0.25) is 0 Å². The minimum atomic E-state index is -4.91. The molecule has 182 valence electrons. The Morgan fingerprint density at radius 1 is 0.889 bits per heavy atom. The Kier molecular flexibility index (Phi) is 6.01. The van der Waals surface area contributed by atoms with Crippen molar-refractivity contribution in [2.45, 2.75) is 25.1 Å². The van der Waals surface area contributed by atoms with Crippen LogP contribution in [0, 0.1) is 0 Å². The van der Waals surface area contributed by atoms with Crippen molar-refractivity contribution >= 4 is 17.5 Å². The summed E-state index contributed by atoms with van der Waals surface area (Å²) in [5.41, 5.74) is 1.46. The summed E-state index contributed by atoms with van der Waals surface area (Å²) in [5.74, 6) is -2.99. The average molecular weight is 492 g/mol. The van der Waals surface area contributed by atoms with E-state index < -0.39 is 23.5 Å². The lowest BCUT2D eigenvalue weighted by molar-refractivity contribution is -0.153. The van der Waals surface area contributed by atoms with E-state index in [-0.39, 0.29) is 23.5 Å². The zero-order chi connectivity index (χ0) is 25.3. The molecule has 7 nitrogen and oxygen atoms in total. The van der Waals surface area contributed by atoms with Crippen molar-refractivity contribution in [2.75, 3.05) is 5.32 Å². The maximum absolute atomic E-state index is 13.5. The van der Waals surface area contributed by atoms with Crippen molar-refractivity contribution in [1.29, 1.82) is 0 Å². The molecule has 36 heavy (non-hydrogen) atoms. The highest BCUT2D eigenvalue weighted by Crippen LogP contribution is 2.35. The van der Waals surface area contributed by atoms with Crippen molar-refractivity contribution in [3.05, 3.63) is 89.9 Å². The molecule has 1 fully saturated rings. The Hall–Kier alpha value is -4.47. The molecule has 4 aromatic rings. The molecule has 1 aliphatic rings. The molecule has 2 aromatic heterocycles.